The van der Waals surface area contributed by atoms with Crippen molar-refractivity contribution in [2.24, 2.45) is 5.73 Å². The maximum Gasteiger partial charge on any atom is 0.330 e. The molecule has 0 radical (unpaired) electrons. The van der Waals surface area contributed by atoms with Crippen LogP contribution >= 0.6 is 11.8 Å². The topological polar surface area (TPSA) is 107 Å². The second kappa shape index (κ2) is 7.48. The van der Waals surface area contributed by atoms with E-state index in [1.807, 2.05) is 6.26 Å². The summed E-state index contributed by atoms with van der Waals surface area (Å²) in [6.07, 6.45) is 0.942. The molecule has 0 saturated heterocycles. The van der Waals surface area contributed by atoms with Crippen LogP contribution in [0.1, 0.15) is 34.1 Å². The summed E-state index contributed by atoms with van der Waals surface area (Å²) < 4.78 is 5.01. The Bertz CT molecular complexity index is 656. The second-order valence-electron chi connectivity index (χ2n) is 5.30. The number of carbonyl (C=O) groups excluding carboxylic acids is 4. The molecule has 2 rings (SSSR count). The summed E-state index contributed by atoms with van der Waals surface area (Å²) in [5.41, 5.74) is 5.61. The van der Waals surface area contributed by atoms with Crippen LogP contribution in [0.25, 0.3) is 0 Å². The fourth-order valence-electron chi connectivity index (χ4n) is 2.38. The van der Waals surface area contributed by atoms with Crippen molar-refractivity contribution in [1.29, 1.82) is 0 Å². The van der Waals surface area contributed by atoms with Crippen LogP contribution in [0.3, 0.4) is 0 Å². The number of nitrogens with two attached hydrogens (primary N) is 1. The molecule has 1 aliphatic heterocycles. The van der Waals surface area contributed by atoms with Crippen molar-refractivity contribution in [3.8, 4) is 0 Å². The number of fused-ring (bicyclic) bond motifs is 1. The van der Waals surface area contributed by atoms with E-state index in [-0.39, 0.29) is 17.5 Å². The van der Waals surface area contributed by atoms with Crippen molar-refractivity contribution in [1.82, 2.24) is 4.90 Å². The monoisotopic (exact) mass is 350 g/mol. The summed E-state index contributed by atoms with van der Waals surface area (Å²) in [7, 11) is 0. The molecule has 1 heterocycles. The number of rotatable bonds is 7. The molecule has 0 spiro atoms. The molecule has 0 unspecified atom stereocenters. The van der Waals surface area contributed by atoms with E-state index in [4.69, 9.17) is 10.5 Å². The van der Waals surface area contributed by atoms with E-state index >= 15 is 0 Å². The number of primary amides is 1. The average Bonchev–Trinajstić information content (AvgIpc) is 2.80. The van der Waals surface area contributed by atoms with Crippen LogP contribution in [0, 0.1) is 0 Å². The van der Waals surface area contributed by atoms with Gasteiger partial charge in [0.1, 0.15) is 6.04 Å². The molecule has 7 nitrogen and oxygen atoms in total. The lowest BCUT2D eigenvalue weighted by atomic mass is 10.1. The lowest BCUT2D eigenvalue weighted by Gasteiger charge is -2.25. The standard InChI is InChI=1S/C16H18N2O5S/c1-9(13(17)19)23-16(22)12(7-8-24-2)18-14(20)10-5-3-4-6-11(10)15(18)21/h3-6,9,12H,7-8H2,1-2H3,(H2,17,19)/t9-,12-/m0/s1. The van der Waals surface area contributed by atoms with E-state index in [9.17, 15) is 19.2 Å². The van der Waals surface area contributed by atoms with Gasteiger partial charge in [-0.05, 0) is 37.5 Å². The Morgan fingerprint density at radius 1 is 1.21 bits per heavy atom. The summed E-state index contributed by atoms with van der Waals surface area (Å²) in [5.74, 6) is -2.15. The molecule has 0 bridgehead atoms. The van der Waals surface area contributed by atoms with Gasteiger partial charge in [-0.15, -0.1) is 0 Å². The quantitative estimate of drug-likeness (QED) is 0.576. The van der Waals surface area contributed by atoms with Gasteiger partial charge in [0.05, 0.1) is 11.1 Å². The minimum absolute atomic E-state index is 0.233. The average molecular weight is 350 g/mol. The van der Waals surface area contributed by atoms with Crippen LogP contribution in [0.4, 0.5) is 0 Å². The van der Waals surface area contributed by atoms with Crippen LogP contribution < -0.4 is 5.73 Å². The summed E-state index contributed by atoms with van der Waals surface area (Å²) >= 11 is 1.47. The molecule has 0 aliphatic carbocycles. The van der Waals surface area contributed by atoms with Gasteiger partial charge in [-0.3, -0.25) is 19.3 Å². The highest BCUT2D eigenvalue weighted by molar-refractivity contribution is 7.98. The third kappa shape index (κ3) is 3.43. The second-order valence-corrected chi connectivity index (χ2v) is 6.29. The summed E-state index contributed by atoms with van der Waals surface area (Å²) in [6, 6.07) is 5.29. The molecule has 2 N–H and O–H groups in total. The van der Waals surface area contributed by atoms with Gasteiger partial charge in [0, 0.05) is 0 Å². The molecule has 0 aromatic heterocycles. The first kappa shape index (κ1) is 18.0. The molecule has 128 valence electrons. The highest BCUT2D eigenvalue weighted by Gasteiger charge is 2.43. The summed E-state index contributed by atoms with van der Waals surface area (Å²) in [6.45, 7) is 1.34. The SMILES string of the molecule is CSCC[C@@H](C(=O)O[C@@H](C)C(N)=O)N1C(=O)c2ccccc2C1=O. The van der Waals surface area contributed by atoms with Crippen molar-refractivity contribution in [2.75, 3.05) is 12.0 Å². The Hall–Kier alpha value is -2.35. The minimum Gasteiger partial charge on any atom is -0.451 e. The first-order valence-electron chi connectivity index (χ1n) is 7.34. The molecule has 1 aliphatic rings. The van der Waals surface area contributed by atoms with Gasteiger partial charge in [0.2, 0.25) is 0 Å². The van der Waals surface area contributed by atoms with Gasteiger partial charge >= 0.3 is 5.97 Å². The first-order chi connectivity index (χ1) is 11.4. The number of thioether (sulfide) groups is 1. The number of esters is 1. The highest BCUT2D eigenvalue weighted by Crippen LogP contribution is 2.26. The van der Waals surface area contributed by atoms with Gasteiger partial charge in [-0.25, -0.2) is 4.79 Å². The number of imide groups is 1. The van der Waals surface area contributed by atoms with E-state index in [0.29, 0.717) is 5.75 Å². The Balaban J connectivity index is 2.29. The number of amides is 3. The maximum atomic E-state index is 12.5. The van der Waals surface area contributed by atoms with E-state index in [2.05, 4.69) is 0 Å². The largest absolute Gasteiger partial charge is 0.451 e. The molecular formula is C16H18N2O5S. The van der Waals surface area contributed by atoms with Crippen molar-refractivity contribution < 1.29 is 23.9 Å². The van der Waals surface area contributed by atoms with Crippen LogP contribution in [-0.2, 0) is 14.3 Å². The van der Waals surface area contributed by atoms with Gasteiger partial charge < -0.3 is 10.5 Å². The fourth-order valence-corrected chi connectivity index (χ4v) is 2.84. The third-order valence-electron chi connectivity index (χ3n) is 3.70. The van der Waals surface area contributed by atoms with Crippen LogP contribution in [-0.4, -0.2) is 52.7 Å². The Kier molecular flexibility index (Phi) is 5.61. The lowest BCUT2D eigenvalue weighted by molar-refractivity contribution is -0.157. The molecule has 8 heteroatoms. The van der Waals surface area contributed by atoms with E-state index in [0.717, 1.165) is 4.90 Å². The van der Waals surface area contributed by atoms with Crippen LogP contribution in [0.15, 0.2) is 24.3 Å². The number of carbonyl (C=O) groups is 4. The van der Waals surface area contributed by atoms with Gasteiger partial charge in [0.25, 0.3) is 17.7 Å². The smallest absolute Gasteiger partial charge is 0.330 e. The molecule has 0 saturated carbocycles. The van der Waals surface area contributed by atoms with E-state index in [1.165, 1.54) is 18.7 Å². The molecule has 1 aromatic rings. The van der Waals surface area contributed by atoms with Crippen molar-refractivity contribution >= 4 is 35.5 Å². The van der Waals surface area contributed by atoms with E-state index < -0.39 is 35.8 Å². The zero-order valence-electron chi connectivity index (χ0n) is 13.4. The molecule has 24 heavy (non-hydrogen) atoms. The Labute approximate surface area is 143 Å². The molecule has 2 atom stereocenters. The molecular weight excluding hydrogens is 332 g/mol. The predicted octanol–water partition coefficient (Wildman–Crippen LogP) is 0.821. The number of ether oxygens (including phenoxy) is 1. The summed E-state index contributed by atoms with van der Waals surface area (Å²) in [5, 5.41) is 0. The van der Waals surface area contributed by atoms with Crippen molar-refractivity contribution in [3.05, 3.63) is 35.4 Å². The number of nitrogens with zero attached hydrogens (tertiary/aromatic N) is 1. The zero-order valence-corrected chi connectivity index (χ0v) is 14.2. The fraction of sp³-hybridized carbons (Fsp3) is 0.375. The normalized spacial score (nSPS) is 15.8. The third-order valence-corrected chi connectivity index (χ3v) is 4.34. The summed E-state index contributed by atoms with van der Waals surface area (Å²) in [4.78, 5) is 49.5. The lowest BCUT2D eigenvalue weighted by Crippen LogP contribution is -2.47. The molecule has 3 amide bonds. The number of hydrogen-bond acceptors (Lipinski definition) is 6. The van der Waals surface area contributed by atoms with Crippen molar-refractivity contribution in [2.45, 2.75) is 25.5 Å². The first-order valence-corrected chi connectivity index (χ1v) is 8.73. The Morgan fingerprint density at radius 3 is 2.21 bits per heavy atom. The van der Waals surface area contributed by atoms with E-state index in [1.54, 1.807) is 24.3 Å². The number of hydrogen-bond donors (Lipinski definition) is 1. The molecule has 1 aromatic carbocycles. The van der Waals surface area contributed by atoms with Crippen molar-refractivity contribution in [3.63, 3.8) is 0 Å². The predicted molar refractivity (Wildman–Crippen MR) is 88.5 cm³/mol. The zero-order chi connectivity index (χ0) is 17.9. The maximum absolute atomic E-state index is 12.5. The van der Waals surface area contributed by atoms with Gasteiger partial charge in [-0.1, -0.05) is 12.1 Å². The van der Waals surface area contributed by atoms with Gasteiger partial charge in [0.15, 0.2) is 6.10 Å². The molecule has 0 fully saturated rings. The van der Waals surface area contributed by atoms with Crippen LogP contribution in [0.5, 0.6) is 0 Å². The number of benzene rings is 1. The highest BCUT2D eigenvalue weighted by atomic mass is 32.2. The van der Waals surface area contributed by atoms with Gasteiger partial charge in [-0.2, -0.15) is 11.8 Å². The minimum atomic E-state index is -1.13. The van der Waals surface area contributed by atoms with Crippen LogP contribution in [0.2, 0.25) is 0 Å². The Morgan fingerprint density at radius 2 is 1.75 bits per heavy atom.